The molecule has 4 nitrogen and oxygen atoms in total. The molecule has 1 amide bonds. The van der Waals surface area contributed by atoms with Gasteiger partial charge in [-0.1, -0.05) is 35.1 Å². The number of fused-ring (bicyclic) bond motifs is 1. The molecule has 134 valence electrons. The highest BCUT2D eigenvalue weighted by Gasteiger charge is 2.24. The molecule has 0 radical (unpaired) electrons. The number of nitrogens with zero attached hydrogens (tertiary/aromatic N) is 3. The van der Waals surface area contributed by atoms with Gasteiger partial charge in [0.2, 0.25) is 0 Å². The number of anilines is 1. The maximum absolute atomic E-state index is 12.7. The summed E-state index contributed by atoms with van der Waals surface area (Å²) in [7, 11) is 0. The summed E-state index contributed by atoms with van der Waals surface area (Å²) in [5.74, 6) is 0.0444. The molecule has 0 atom stereocenters. The number of aromatic nitrogens is 1. The van der Waals surface area contributed by atoms with Crippen molar-refractivity contribution in [3.8, 4) is 0 Å². The van der Waals surface area contributed by atoms with E-state index in [1.54, 1.807) is 23.5 Å². The van der Waals surface area contributed by atoms with Crippen molar-refractivity contribution in [3.63, 3.8) is 0 Å². The maximum Gasteiger partial charge on any atom is 0.254 e. The SMILES string of the molecule is Cc1cc(C)c2nc(N3CCN(C(=O)c4cccc(Cl)c4)CC3)sc2c1. The molecule has 0 unspecified atom stereocenters. The number of hydrogen-bond donors (Lipinski definition) is 0. The fourth-order valence-corrected chi connectivity index (χ4v) is 4.78. The first-order valence-electron chi connectivity index (χ1n) is 8.69. The quantitative estimate of drug-likeness (QED) is 0.650. The standard InChI is InChI=1S/C20H20ClN3OS/c1-13-10-14(2)18-17(11-13)26-20(22-18)24-8-6-23(7-9-24)19(25)15-4-3-5-16(21)12-15/h3-5,10-12H,6-9H2,1-2H3. The van der Waals surface area contributed by atoms with Gasteiger partial charge < -0.3 is 9.80 Å². The lowest BCUT2D eigenvalue weighted by molar-refractivity contribution is 0.0747. The van der Waals surface area contributed by atoms with Gasteiger partial charge in [0.1, 0.15) is 0 Å². The maximum atomic E-state index is 12.7. The average Bonchev–Trinajstić information content (AvgIpc) is 3.05. The minimum absolute atomic E-state index is 0.0444. The zero-order chi connectivity index (χ0) is 18.3. The van der Waals surface area contributed by atoms with Crippen LogP contribution in [0.4, 0.5) is 5.13 Å². The third kappa shape index (κ3) is 3.29. The summed E-state index contributed by atoms with van der Waals surface area (Å²) in [6.07, 6.45) is 0. The molecule has 0 saturated carbocycles. The lowest BCUT2D eigenvalue weighted by Crippen LogP contribution is -2.48. The van der Waals surface area contributed by atoms with E-state index in [2.05, 4.69) is 30.9 Å². The molecule has 1 saturated heterocycles. The second kappa shape index (κ2) is 6.89. The molecule has 1 aromatic heterocycles. The molecule has 0 aliphatic carbocycles. The van der Waals surface area contributed by atoms with Crippen molar-refractivity contribution >= 4 is 44.2 Å². The Labute approximate surface area is 162 Å². The van der Waals surface area contributed by atoms with Crippen molar-refractivity contribution in [2.75, 3.05) is 31.1 Å². The van der Waals surface area contributed by atoms with Gasteiger partial charge in [0.15, 0.2) is 5.13 Å². The number of halogens is 1. The molecule has 1 fully saturated rings. The van der Waals surface area contributed by atoms with Crippen LogP contribution in [0.15, 0.2) is 36.4 Å². The Morgan fingerprint density at radius 1 is 1.12 bits per heavy atom. The summed E-state index contributed by atoms with van der Waals surface area (Å²) < 4.78 is 1.23. The lowest BCUT2D eigenvalue weighted by Gasteiger charge is -2.34. The summed E-state index contributed by atoms with van der Waals surface area (Å²) in [6, 6.07) is 11.5. The molecule has 3 aromatic rings. The van der Waals surface area contributed by atoms with Crippen LogP contribution in [0.2, 0.25) is 5.02 Å². The predicted octanol–water partition coefficient (Wildman–Crippen LogP) is 4.53. The first-order valence-corrected chi connectivity index (χ1v) is 9.88. The number of rotatable bonds is 2. The van der Waals surface area contributed by atoms with Gasteiger partial charge in [-0.15, -0.1) is 0 Å². The van der Waals surface area contributed by atoms with Crippen LogP contribution < -0.4 is 4.90 Å². The van der Waals surface area contributed by atoms with Crippen LogP contribution >= 0.6 is 22.9 Å². The largest absolute Gasteiger partial charge is 0.345 e. The molecule has 1 aliphatic heterocycles. The summed E-state index contributed by atoms with van der Waals surface area (Å²) in [5.41, 5.74) is 4.23. The monoisotopic (exact) mass is 385 g/mol. The first kappa shape index (κ1) is 17.3. The van der Waals surface area contributed by atoms with E-state index >= 15 is 0 Å². The Hall–Kier alpha value is -2.11. The van der Waals surface area contributed by atoms with Crippen LogP contribution in [0.1, 0.15) is 21.5 Å². The van der Waals surface area contributed by atoms with E-state index in [1.165, 1.54) is 15.8 Å². The number of aryl methyl sites for hydroxylation is 2. The van der Waals surface area contributed by atoms with Gasteiger partial charge in [0.05, 0.1) is 10.2 Å². The third-order valence-electron chi connectivity index (χ3n) is 4.73. The lowest BCUT2D eigenvalue weighted by atomic mass is 10.1. The van der Waals surface area contributed by atoms with E-state index in [-0.39, 0.29) is 5.91 Å². The molecule has 26 heavy (non-hydrogen) atoms. The fraction of sp³-hybridized carbons (Fsp3) is 0.300. The van der Waals surface area contributed by atoms with Crippen LogP contribution in [0.25, 0.3) is 10.2 Å². The molecule has 0 spiro atoms. The zero-order valence-electron chi connectivity index (χ0n) is 14.8. The third-order valence-corrected chi connectivity index (χ3v) is 6.03. The first-order chi connectivity index (χ1) is 12.5. The van der Waals surface area contributed by atoms with E-state index in [0.717, 1.165) is 23.7 Å². The Balaban J connectivity index is 1.48. The molecule has 1 aliphatic rings. The van der Waals surface area contributed by atoms with E-state index in [1.807, 2.05) is 17.0 Å². The molecule has 4 rings (SSSR count). The second-order valence-corrected chi connectivity index (χ2v) is 8.16. The fourth-order valence-electron chi connectivity index (χ4n) is 3.40. The normalized spacial score (nSPS) is 14.9. The Morgan fingerprint density at radius 2 is 1.88 bits per heavy atom. The van der Waals surface area contributed by atoms with Crippen molar-refractivity contribution in [1.82, 2.24) is 9.88 Å². The van der Waals surface area contributed by atoms with E-state index in [0.29, 0.717) is 23.7 Å². The second-order valence-electron chi connectivity index (χ2n) is 6.71. The van der Waals surface area contributed by atoms with Gasteiger partial charge in [-0.05, 0) is 49.2 Å². The minimum atomic E-state index is 0.0444. The van der Waals surface area contributed by atoms with Gasteiger partial charge in [-0.25, -0.2) is 4.98 Å². The molecule has 2 heterocycles. The van der Waals surface area contributed by atoms with E-state index < -0.39 is 0 Å². The molecule has 0 bridgehead atoms. The van der Waals surface area contributed by atoms with Gasteiger partial charge in [-0.2, -0.15) is 0 Å². The van der Waals surface area contributed by atoms with Crippen LogP contribution in [-0.2, 0) is 0 Å². The Kier molecular flexibility index (Phi) is 4.59. The molecular weight excluding hydrogens is 366 g/mol. The summed E-state index contributed by atoms with van der Waals surface area (Å²) >= 11 is 7.74. The van der Waals surface area contributed by atoms with Gasteiger partial charge >= 0.3 is 0 Å². The molecular formula is C20H20ClN3OS. The summed E-state index contributed by atoms with van der Waals surface area (Å²) in [5, 5.41) is 1.64. The van der Waals surface area contributed by atoms with Crippen molar-refractivity contribution in [3.05, 3.63) is 58.1 Å². The highest BCUT2D eigenvalue weighted by atomic mass is 35.5. The topological polar surface area (TPSA) is 36.4 Å². The highest BCUT2D eigenvalue weighted by Crippen LogP contribution is 2.32. The number of carbonyl (C=O) groups excluding carboxylic acids is 1. The smallest absolute Gasteiger partial charge is 0.254 e. The highest BCUT2D eigenvalue weighted by molar-refractivity contribution is 7.22. The number of hydrogen-bond acceptors (Lipinski definition) is 4. The number of piperazine rings is 1. The van der Waals surface area contributed by atoms with E-state index in [4.69, 9.17) is 16.6 Å². The Morgan fingerprint density at radius 3 is 2.62 bits per heavy atom. The number of carbonyl (C=O) groups is 1. The molecule has 6 heteroatoms. The minimum Gasteiger partial charge on any atom is -0.345 e. The van der Waals surface area contributed by atoms with Crippen LogP contribution in [0.3, 0.4) is 0 Å². The predicted molar refractivity (Wildman–Crippen MR) is 109 cm³/mol. The van der Waals surface area contributed by atoms with Crippen molar-refractivity contribution < 1.29 is 4.79 Å². The Bertz CT molecular complexity index is 976. The van der Waals surface area contributed by atoms with Crippen LogP contribution in [0, 0.1) is 13.8 Å². The summed E-state index contributed by atoms with van der Waals surface area (Å²) in [6.45, 7) is 7.21. The van der Waals surface area contributed by atoms with Gasteiger partial charge in [0.25, 0.3) is 5.91 Å². The van der Waals surface area contributed by atoms with Crippen molar-refractivity contribution in [2.24, 2.45) is 0 Å². The van der Waals surface area contributed by atoms with Crippen LogP contribution in [-0.4, -0.2) is 42.0 Å². The number of thiazole rings is 1. The summed E-state index contributed by atoms with van der Waals surface area (Å²) in [4.78, 5) is 21.7. The van der Waals surface area contributed by atoms with Gasteiger partial charge in [-0.3, -0.25) is 4.79 Å². The number of amides is 1. The molecule has 0 N–H and O–H groups in total. The van der Waals surface area contributed by atoms with Crippen molar-refractivity contribution in [1.29, 1.82) is 0 Å². The van der Waals surface area contributed by atoms with Gasteiger partial charge in [0, 0.05) is 36.8 Å². The number of benzene rings is 2. The molecule has 2 aromatic carbocycles. The average molecular weight is 386 g/mol. The van der Waals surface area contributed by atoms with Crippen LogP contribution in [0.5, 0.6) is 0 Å². The van der Waals surface area contributed by atoms with Crippen molar-refractivity contribution in [2.45, 2.75) is 13.8 Å². The van der Waals surface area contributed by atoms with E-state index in [9.17, 15) is 4.79 Å². The zero-order valence-corrected chi connectivity index (χ0v) is 16.4.